The Morgan fingerprint density at radius 2 is 0.930 bits per heavy atom. The van der Waals surface area contributed by atoms with Gasteiger partial charge in [0.2, 0.25) is 0 Å². The fraction of sp³-hybridized carbons (Fsp3) is 0.622. The molecule has 2 atom stereocenters. The maximum atomic E-state index is 14.2. The van der Waals surface area contributed by atoms with Crippen molar-refractivity contribution < 1.29 is 19.1 Å². The van der Waals surface area contributed by atoms with Gasteiger partial charge in [-0.25, -0.2) is 0 Å². The van der Waals surface area contributed by atoms with Crippen LogP contribution in [-0.4, -0.2) is 73.8 Å². The first-order chi connectivity index (χ1) is 21.1. The first kappa shape index (κ1) is 33.2. The number of carbonyl (C=O) groups is 2. The Bertz CT molecular complexity index is 997. The fourth-order valence-corrected chi connectivity index (χ4v) is 6.48. The average Bonchev–Trinajstić information content (AvgIpc) is 3.47. The molecule has 0 spiro atoms. The van der Waals surface area contributed by atoms with Crippen LogP contribution in [0.2, 0.25) is 0 Å². The van der Waals surface area contributed by atoms with Crippen LogP contribution in [0.1, 0.15) is 105 Å². The van der Waals surface area contributed by atoms with Gasteiger partial charge in [-0.2, -0.15) is 0 Å². The summed E-state index contributed by atoms with van der Waals surface area (Å²) in [7, 11) is 0. The van der Waals surface area contributed by atoms with E-state index in [2.05, 4.69) is 23.6 Å². The van der Waals surface area contributed by atoms with Gasteiger partial charge in [0.15, 0.2) is 11.6 Å². The van der Waals surface area contributed by atoms with Gasteiger partial charge < -0.3 is 19.3 Å². The molecule has 4 rings (SSSR count). The van der Waals surface area contributed by atoms with E-state index < -0.39 is 0 Å². The molecule has 0 unspecified atom stereocenters. The van der Waals surface area contributed by atoms with Crippen molar-refractivity contribution in [3.8, 4) is 11.5 Å². The fourth-order valence-electron chi connectivity index (χ4n) is 6.48. The molecule has 2 aliphatic heterocycles. The molecular weight excluding hydrogens is 536 g/mol. The van der Waals surface area contributed by atoms with Crippen LogP contribution in [0.3, 0.4) is 0 Å². The molecule has 0 radical (unpaired) electrons. The average molecular weight is 591 g/mol. The standard InChI is InChI=1S/C37H54N2O4/c1-3-25-42-34-17-13-30(14-18-34)36(40)32(28-38-21-9-5-6-10-22-38)27-33(29-39-23-11-7-8-12-24-39)37(41)31-15-19-35(20-16-31)43-26-4-2/h13-20,32-33H,3-12,21-29H2,1-2H3/t32-,33-/m1/s1. The van der Waals surface area contributed by atoms with Crippen molar-refractivity contribution in [1.29, 1.82) is 0 Å². The molecule has 2 heterocycles. The summed E-state index contributed by atoms with van der Waals surface area (Å²) >= 11 is 0. The lowest BCUT2D eigenvalue weighted by atomic mass is 9.83. The van der Waals surface area contributed by atoms with Crippen molar-refractivity contribution in [1.82, 2.24) is 9.80 Å². The molecule has 0 saturated carbocycles. The molecule has 2 aromatic rings. The Labute approximate surface area is 260 Å². The van der Waals surface area contributed by atoms with E-state index in [1.54, 1.807) is 0 Å². The molecule has 0 aromatic heterocycles. The summed E-state index contributed by atoms with van der Waals surface area (Å²) in [5.74, 6) is 1.39. The molecule has 2 aromatic carbocycles. The van der Waals surface area contributed by atoms with Crippen molar-refractivity contribution >= 4 is 11.6 Å². The monoisotopic (exact) mass is 590 g/mol. The summed E-state index contributed by atoms with van der Waals surface area (Å²) in [5.41, 5.74) is 1.42. The second-order valence-corrected chi connectivity index (χ2v) is 12.5. The van der Waals surface area contributed by atoms with Crippen molar-refractivity contribution in [2.75, 3.05) is 52.5 Å². The molecular formula is C37H54N2O4. The van der Waals surface area contributed by atoms with Crippen LogP contribution in [0.15, 0.2) is 48.5 Å². The Hall–Kier alpha value is -2.70. The zero-order chi connectivity index (χ0) is 30.3. The lowest BCUT2D eigenvalue weighted by molar-refractivity contribution is 0.0775. The summed E-state index contributed by atoms with van der Waals surface area (Å²) < 4.78 is 11.6. The zero-order valence-corrected chi connectivity index (χ0v) is 26.7. The summed E-state index contributed by atoms with van der Waals surface area (Å²) in [5, 5.41) is 0. The molecule has 0 N–H and O–H groups in total. The summed E-state index contributed by atoms with van der Waals surface area (Å²) in [4.78, 5) is 33.4. The van der Waals surface area contributed by atoms with Crippen molar-refractivity contribution in [2.24, 2.45) is 11.8 Å². The van der Waals surface area contributed by atoms with E-state index >= 15 is 0 Å². The number of hydrogen-bond donors (Lipinski definition) is 0. The summed E-state index contributed by atoms with van der Waals surface area (Å²) in [6, 6.07) is 15.3. The van der Waals surface area contributed by atoms with Crippen molar-refractivity contribution in [2.45, 2.75) is 84.5 Å². The second-order valence-electron chi connectivity index (χ2n) is 12.5. The lowest BCUT2D eigenvalue weighted by Crippen LogP contribution is -2.39. The van der Waals surface area contributed by atoms with E-state index in [-0.39, 0.29) is 23.4 Å². The van der Waals surface area contributed by atoms with E-state index in [1.807, 2.05) is 48.5 Å². The lowest BCUT2D eigenvalue weighted by Gasteiger charge is -2.31. The molecule has 0 bridgehead atoms. The number of nitrogens with zero attached hydrogens (tertiary/aromatic N) is 2. The predicted molar refractivity (Wildman–Crippen MR) is 175 cm³/mol. The quantitative estimate of drug-likeness (QED) is 0.187. The van der Waals surface area contributed by atoms with E-state index in [0.29, 0.717) is 43.9 Å². The Kier molecular flexibility index (Phi) is 14.0. The molecule has 0 amide bonds. The number of benzene rings is 2. The van der Waals surface area contributed by atoms with E-state index in [0.717, 1.165) is 50.5 Å². The Balaban J connectivity index is 1.58. The first-order valence-corrected chi connectivity index (χ1v) is 17.1. The van der Waals surface area contributed by atoms with E-state index in [1.165, 1.54) is 51.4 Å². The number of hydrogen-bond acceptors (Lipinski definition) is 6. The third-order valence-corrected chi connectivity index (χ3v) is 8.89. The normalized spacial score (nSPS) is 18.3. The van der Waals surface area contributed by atoms with Crippen LogP contribution >= 0.6 is 0 Å². The Morgan fingerprint density at radius 1 is 0.581 bits per heavy atom. The maximum Gasteiger partial charge on any atom is 0.167 e. The third-order valence-electron chi connectivity index (χ3n) is 8.89. The number of Topliss-reactive ketones (excluding diaryl/α,β-unsaturated/α-hetero) is 2. The van der Waals surface area contributed by atoms with Gasteiger partial charge in [0.25, 0.3) is 0 Å². The van der Waals surface area contributed by atoms with Gasteiger partial charge in [-0.15, -0.1) is 0 Å². The van der Waals surface area contributed by atoms with Gasteiger partial charge >= 0.3 is 0 Å². The Morgan fingerprint density at radius 3 is 1.26 bits per heavy atom. The molecule has 2 fully saturated rings. The van der Waals surface area contributed by atoms with E-state index in [9.17, 15) is 9.59 Å². The molecule has 6 heteroatoms. The number of rotatable bonds is 16. The van der Waals surface area contributed by atoms with Crippen LogP contribution in [0.25, 0.3) is 0 Å². The summed E-state index contributed by atoms with van der Waals surface area (Å²) in [6.45, 7) is 11.0. The van der Waals surface area contributed by atoms with Gasteiger partial charge in [-0.05, 0) is 120 Å². The van der Waals surface area contributed by atoms with Crippen LogP contribution in [0.5, 0.6) is 11.5 Å². The topological polar surface area (TPSA) is 59.1 Å². The molecule has 43 heavy (non-hydrogen) atoms. The molecule has 2 saturated heterocycles. The van der Waals surface area contributed by atoms with Gasteiger partial charge in [-0.1, -0.05) is 39.5 Å². The van der Waals surface area contributed by atoms with Crippen molar-refractivity contribution in [3.63, 3.8) is 0 Å². The molecule has 6 nitrogen and oxygen atoms in total. The summed E-state index contributed by atoms with van der Waals surface area (Å²) in [6.07, 6.45) is 12.2. The largest absolute Gasteiger partial charge is 0.494 e. The minimum Gasteiger partial charge on any atom is -0.494 e. The number of ether oxygens (including phenoxy) is 2. The zero-order valence-electron chi connectivity index (χ0n) is 26.7. The number of carbonyl (C=O) groups excluding carboxylic acids is 2. The van der Waals surface area contributed by atoms with Crippen LogP contribution in [0.4, 0.5) is 0 Å². The van der Waals surface area contributed by atoms with Crippen LogP contribution in [-0.2, 0) is 0 Å². The first-order valence-electron chi connectivity index (χ1n) is 17.1. The maximum absolute atomic E-state index is 14.2. The van der Waals surface area contributed by atoms with Gasteiger partial charge in [0, 0.05) is 36.1 Å². The molecule has 2 aliphatic rings. The highest BCUT2D eigenvalue weighted by Gasteiger charge is 2.32. The molecule has 236 valence electrons. The second kappa shape index (κ2) is 18.2. The van der Waals surface area contributed by atoms with Crippen LogP contribution in [0, 0.1) is 11.8 Å². The van der Waals surface area contributed by atoms with E-state index in [4.69, 9.17) is 9.47 Å². The third kappa shape index (κ3) is 10.8. The highest BCUT2D eigenvalue weighted by atomic mass is 16.5. The SMILES string of the molecule is CCCOc1ccc(C(=O)[C@H](C[C@H](CN2CCCCCC2)C(=O)c2ccc(OCCC)cc2)CN2CCCCCC2)cc1. The van der Waals surface area contributed by atoms with Gasteiger partial charge in [-0.3, -0.25) is 9.59 Å². The minimum absolute atomic E-state index is 0.142. The van der Waals surface area contributed by atoms with Crippen LogP contribution < -0.4 is 9.47 Å². The number of ketones is 2. The van der Waals surface area contributed by atoms with Gasteiger partial charge in [0.05, 0.1) is 13.2 Å². The minimum atomic E-state index is -0.242. The van der Waals surface area contributed by atoms with Gasteiger partial charge in [0.1, 0.15) is 11.5 Å². The highest BCUT2D eigenvalue weighted by molar-refractivity contribution is 6.00. The smallest absolute Gasteiger partial charge is 0.167 e. The number of likely N-dealkylation sites (tertiary alicyclic amines) is 2. The van der Waals surface area contributed by atoms with Crippen molar-refractivity contribution in [3.05, 3.63) is 59.7 Å². The predicted octanol–water partition coefficient (Wildman–Crippen LogP) is 7.70. The molecule has 0 aliphatic carbocycles. The highest BCUT2D eigenvalue weighted by Crippen LogP contribution is 2.27.